The molecule has 0 aliphatic carbocycles. The van der Waals surface area contributed by atoms with Crippen LogP contribution in [-0.2, 0) is 0 Å². The molecule has 0 spiro atoms. The first-order chi connectivity index (χ1) is 16.3. The minimum absolute atomic E-state index is 0.443. The molecule has 1 heterocycles. The molecule has 0 saturated carbocycles. The summed E-state index contributed by atoms with van der Waals surface area (Å²) in [5.74, 6) is 2.28. The van der Waals surface area contributed by atoms with Gasteiger partial charge < -0.3 is 10.6 Å². The number of anilines is 4. The van der Waals surface area contributed by atoms with Crippen LogP contribution in [-0.4, -0.2) is 9.97 Å². The van der Waals surface area contributed by atoms with Crippen molar-refractivity contribution < 1.29 is 0 Å². The van der Waals surface area contributed by atoms with Gasteiger partial charge in [0.25, 0.3) is 0 Å². The second-order valence-corrected chi connectivity index (χ2v) is 9.58. The van der Waals surface area contributed by atoms with Gasteiger partial charge in [-0.15, -0.1) is 0 Å². The molecular formula is C30H34N4. The summed E-state index contributed by atoms with van der Waals surface area (Å²) in [6.07, 6.45) is 3.42. The molecule has 1 aromatic heterocycles. The summed E-state index contributed by atoms with van der Waals surface area (Å²) < 4.78 is 0. The van der Waals surface area contributed by atoms with Crippen LogP contribution in [0.5, 0.6) is 0 Å². The average Bonchev–Trinajstić information content (AvgIpc) is 2.79. The molecule has 0 saturated heterocycles. The zero-order valence-corrected chi connectivity index (χ0v) is 21.0. The third-order valence-electron chi connectivity index (χ3n) is 5.97. The summed E-state index contributed by atoms with van der Waals surface area (Å²) in [7, 11) is 0. The van der Waals surface area contributed by atoms with Crippen molar-refractivity contribution >= 4 is 23.0 Å². The van der Waals surface area contributed by atoms with Crippen LogP contribution in [0.4, 0.5) is 23.0 Å². The van der Waals surface area contributed by atoms with Crippen molar-refractivity contribution in [1.29, 1.82) is 0 Å². The maximum Gasteiger partial charge on any atom is 0.173 e. The molecule has 4 heteroatoms. The van der Waals surface area contributed by atoms with Gasteiger partial charge in [0.2, 0.25) is 0 Å². The number of aromatic nitrogens is 2. The van der Waals surface area contributed by atoms with Gasteiger partial charge in [0, 0.05) is 23.8 Å². The SMILES string of the molecule is Cc1cc(C)cc(Nc2nccnc2Nc2cccc(-c3c(C(C)C)cccc3C(C)C)c2)c1. The Labute approximate surface area is 203 Å². The van der Waals surface area contributed by atoms with E-state index in [1.807, 2.05) is 0 Å². The van der Waals surface area contributed by atoms with Gasteiger partial charge in [-0.3, -0.25) is 0 Å². The fourth-order valence-electron chi connectivity index (χ4n) is 4.48. The summed E-state index contributed by atoms with van der Waals surface area (Å²) in [5.41, 5.74) is 9.70. The Hall–Kier alpha value is -3.66. The second kappa shape index (κ2) is 10.1. The van der Waals surface area contributed by atoms with Gasteiger partial charge in [-0.05, 0) is 83.3 Å². The van der Waals surface area contributed by atoms with E-state index in [1.165, 1.54) is 33.4 Å². The predicted octanol–water partition coefficient (Wildman–Crippen LogP) is 8.49. The van der Waals surface area contributed by atoms with Crippen molar-refractivity contribution in [2.24, 2.45) is 0 Å². The molecule has 174 valence electrons. The van der Waals surface area contributed by atoms with Crippen LogP contribution in [0.3, 0.4) is 0 Å². The Kier molecular flexibility index (Phi) is 6.97. The van der Waals surface area contributed by atoms with Crippen LogP contribution >= 0.6 is 0 Å². The predicted molar refractivity (Wildman–Crippen MR) is 145 cm³/mol. The first kappa shape index (κ1) is 23.5. The molecule has 0 unspecified atom stereocenters. The van der Waals surface area contributed by atoms with Crippen LogP contribution in [0.15, 0.2) is 73.1 Å². The van der Waals surface area contributed by atoms with Crippen molar-refractivity contribution in [1.82, 2.24) is 9.97 Å². The first-order valence-electron chi connectivity index (χ1n) is 12.0. The van der Waals surface area contributed by atoms with Crippen molar-refractivity contribution in [2.75, 3.05) is 10.6 Å². The van der Waals surface area contributed by atoms with Crippen LogP contribution < -0.4 is 10.6 Å². The van der Waals surface area contributed by atoms with Gasteiger partial charge in [-0.25, -0.2) is 9.97 Å². The molecule has 0 radical (unpaired) electrons. The van der Waals surface area contributed by atoms with Gasteiger partial charge in [0.1, 0.15) is 0 Å². The normalized spacial score (nSPS) is 11.2. The van der Waals surface area contributed by atoms with Crippen LogP contribution in [0, 0.1) is 13.8 Å². The number of rotatable bonds is 7. The van der Waals surface area contributed by atoms with E-state index < -0.39 is 0 Å². The monoisotopic (exact) mass is 450 g/mol. The minimum Gasteiger partial charge on any atom is -0.337 e. The zero-order chi connectivity index (χ0) is 24.2. The minimum atomic E-state index is 0.443. The van der Waals surface area contributed by atoms with E-state index in [0.29, 0.717) is 23.5 Å². The lowest BCUT2D eigenvalue weighted by atomic mass is 9.85. The average molecular weight is 451 g/mol. The lowest BCUT2D eigenvalue weighted by Crippen LogP contribution is -2.03. The topological polar surface area (TPSA) is 49.8 Å². The molecular weight excluding hydrogens is 416 g/mol. The van der Waals surface area contributed by atoms with E-state index in [9.17, 15) is 0 Å². The third-order valence-corrected chi connectivity index (χ3v) is 5.97. The van der Waals surface area contributed by atoms with Crippen molar-refractivity contribution in [3.05, 3.63) is 95.3 Å². The largest absolute Gasteiger partial charge is 0.337 e. The van der Waals surface area contributed by atoms with Crippen LogP contribution in [0.1, 0.15) is 61.8 Å². The quantitative estimate of drug-likeness (QED) is 0.296. The Morgan fingerprint density at radius 3 is 1.71 bits per heavy atom. The maximum atomic E-state index is 4.57. The molecule has 0 amide bonds. The van der Waals surface area contributed by atoms with Gasteiger partial charge in [0.15, 0.2) is 11.6 Å². The molecule has 0 fully saturated rings. The molecule has 4 aromatic rings. The number of hydrogen-bond donors (Lipinski definition) is 2. The molecule has 3 aromatic carbocycles. The molecule has 0 bridgehead atoms. The van der Waals surface area contributed by atoms with E-state index in [0.717, 1.165) is 11.4 Å². The molecule has 34 heavy (non-hydrogen) atoms. The maximum absolute atomic E-state index is 4.57. The standard InChI is InChI=1S/C30H34N4/c1-19(2)26-11-8-12-27(20(3)4)28(26)23-9-7-10-24(18-23)33-29-30(32-14-13-31-29)34-25-16-21(5)15-22(6)17-25/h7-20H,1-6H3,(H,31,33)(H,32,34). The molecule has 2 N–H and O–H groups in total. The fourth-order valence-corrected chi connectivity index (χ4v) is 4.48. The highest BCUT2D eigenvalue weighted by Gasteiger charge is 2.16. The van der Waals surface area contributed by atoms with Gasteiger partial charge >= 0.3 is 0 Å². The Bertz CT molecular complexity index is 1240. The van der Waals surface area contributed by atoms with Crippen molar-refractivity contribution in [3.63, 3.8) is 0 Å². The highest BCUT2D eigenvalue weighted by molar-refractivity contribution is 5.78. The lowest BCUT2D eigenvalue weighted by molar-refractivity contribution is 0.838. The highest BCUT2D eigenvalue weighted by Crippen LogP contribution is 2.37. The van der Waals surface area contributed by atoms with Crippen molar-refractivity contribution in [3.8, 4) is 11.1 Å². The van der Waals surface area contributed by atoms with Gasteiger partial charge in [0.05, 0.1) is 0 Å². The lowest BCUT2D eigenvalue weighted by Gasteiger charge is -2.20. The summed E-state index contributed by atoms with van der Waals surface area (Å²) >= 11 is 0. The van der Waals surface area contributed by atoms with E-state index >= 15 is 0 Å². The summed E-state index contributed by atoms with van der Waals surface area (Å²) in [6.45, 7) is 13.2. The highest BCUT2D eigenvalue weighted by atomic mass is 15.1. The Morgan fingerprint density at radius 1 is 0.618 bits per heavy atom. The fraction of sp³-hybridized carbons (Fsp3) is 0.267. The van der Waals surface area contributed by atoms with Crippen molar-refractivity contribution in [2.45, 2.75) is 53.4 Å². The van der Waals surface area contributed by atoms with E-state index in [-0.39, 0.29) is 0 Å². The number of nitrogens with zero attached hydrogens (tertiary/aromatic N) is 2. The Balaban J connectivity index is 1.69. The van der Waals surface area contributed by atoms with E-state index in [1.54, 1.807) is 12.4 Å². The number of hydrogen-bond acceptors (Lipinski definition) is 4. The number of benzene rings is 3. The number of aryl methyl sites for hydroxylation is 2. The number of nitrogens with one attached hydrogen (secondary N) is 2. The summed E-state index contributed by atoms with van der Waals surface area (Å²) in [4.78, 5) is 9.12. The molecule has 0 aliphatic heterocycles. The first-order valence-corrected chi connectivity index (χ1v) is 12.0. The molecule has 0 aliphatic rings. The summed E-state index contributed by atoms with van der Waals surface area (Å²) in [6, 6.07) is 21.7. The summed E-state index contributed by atoms with van der Waals surface area (Å²) in [5, 5.41) is 6.93. The third kappa shape index (κ3) is 5.28. The van der Waals surface area contributed by atoms with Gasteiger partial charge in [-0.1, -0.05) is 64.1 Å². The molecule has 0 atom stereocenters. The van der Waals surface area contributed by atoms with E-state index in [2.05, 4.69) is 123 Å². The van der Waals surface area contributed by atoms with Crippen LogP contribution in [0.25, 0.3) is 11.1 Å². The van der Waals surface area contributed by atoms with Gasteiger partial charge in [-0.2, -0.15) is 0 Å². The Morgan fingerprint density at radius 2 is 1.15 bits per heavy atom. The second-order valence-electron chi connectivity index (χ2n) is 9.58. The van der Waals surface area contributed by atoms with E-state index in [4.69, 9.17) is 0 Å². The zero-order valence-electron chi connectivity index (χ0n) is 21.0. The van der Waals surface area contributed by atoms with Crippen LogP contribution in [0.2, 0.25) is 0 Å². The smallest absolute Gasteiger partial charge is 0.173 e. The molecule has 4 rings (SSSR count). The molecule has 4 nitrogen and oxygen atoms in total.